The number of hydrogen-bond donors (Lipinski definition) is 1. The van der Waals surface area contributed by atoms with Gasteiger partial charge < -0.3 is 10.1 Å². The highest BCUT2D eigenvalue weighted by Gasteiger charge is 2.20. The molecule has 1 N–H and O–H groups in total. The van der Waals surface area contributed by atoms with E-state index in [1.807, 2.05) is 24.3 Å². The molecule has 0 saturated heterocycles. The topological polar surface area (TPSA) is 70.0 Å². The van der Waals surface area contributed by atoms with Crippen molar-refractivity contribution in [3.63, 3.8) is 0 Å². The van der Waals surface area contributed by atoms with Crippen LogP contribution in [0.2, 0.25) is 0 Å². The van der Waals surface area contributed by atoms with E-state index in [-0.39, 0.29) is 11.5 Å². The summed E-state index contributed by atoms with van der Waals surface area (Å²) in [7, 11) is -2.97. The van der Waals surface area contributed by atoms with Gasteiger partial charge in [-0.2, -0.15) is 0 Å². The number of para-hydroxylation sites is 1. The molecule has 6 heteroatoms. The molecule has 1 aromatic rings. The number of hydrogen-bond acceptors (Lipinski definition) is 5. The van der Waals surface area contributed by atoms with Crippen molar-refractivity contribution in [2.45, 2.75) is 19.8 Å². The summed E-state index contributed by atoms with van der Waals surface area (Å²) < 4.78 is 23.3. The maximum absolute atomic E-state index is 11.7. The van der Waals surface area contributed by atoms with Crippen molar-refractivity contribution in [2.75, 3.05) is 29.5 Å². The molecule has 2 rings (SSSR count). The van der Waals surface area contributed by atoms with Gasteiger partial charge in [0.15, 0.2) is 9.84 Å². The fraction of sp³-hybridized carbons (Fsp3) is 0.500. The molecule has 5 nitrogen and oxygen atoms in total. The van der Waals surface area contributed by atoms with Gasteiger partial charge in [0.1, 0.15) is 0 Å². The van der Waals surface area contributed by atoms with Gasteiger partial charge in [0.25, 0.3) is 0 Å². The summed E-state index contributed by atoms with van der Waals surface area (Å²) in [6.45, 7) is 2.92. The first-order chi connectivity index (χ1) is 9.57. The third-order valence-electron chi connectivity index (χ3n) is 3.63. The first-order valence-electron chi connectivity index (χ1n) is 6.83. The summed E-state index contributed by atoms with van der Waals surface area (Å²) in [6.07, 6.45) is 1.55. The van der Waals surface area contributed by atoms with Crippen LogP contribution in [0.4, 0.5) is 5.69 Å². The van der Waals surface area contributed by atoms with Crippen LogP contribution >= 0.6 is 0 Å². The Labute approximate surface area is 119 Å². The maximum atomic E-state index is 11.7. The lowest BCUT2D eigenvalue weighted by Crippen LogP contribution is -2.30. The Bertz CT molecular complexity index is 596. The van der Waals surface area contributed by atoms with Crippen molar-refractivity contribution in [1.29, 1.82) is 0 Å². The van der Waals surface area contributed by atoms with Crippen LogP contribution in [0.3, 0.4) is 0 Å². The molecule has 0 atom stereocenters. The summed E-state index contributed by atoms with van der Waals surface area (Å²) >= 11 is 0. The van der Waals surface area contributed by atoms with Gasteiger partial charge >= 0.3 is 0 Å². The normalized spacial score (nSPS) is 17.9. The average molecular weight is 296 g/mol. The minimum atomic E-state index is -2.97. The predicted molar refractivity (Wildman–Crippen MR) is 80.5 cm³/mol. The van der Waals surface area contributed by atoms with Crippen LogP contribution in [0.25, 0.3) is 0 Å². The van der Waals surface area contributed by atoms with E-state index in [4.69, 9.17) is 5.21 Å². The van der Waals surface area contributed by atoms with E-state index >= 15 is 0 Å². The second-order valence-electron chi connectivity index (χ2n) is 4.89. The molecular formula is C14H20N2O3S. The van der Waals surface area contributed by atoms with Gasteiger partial charge in [0.2, 0.25) is 0 Å². The molecule has 1 aliphatic heterocycles. The van der Waals surface area contributed by atoms with Crippen LogP contribution in [0, 0.1) is 0 Å². The van der Waals surface area contributed by atoms with Crippen LogP contribution in [0.5, 0.6) is 0 Å². The quantitative estimate of drug-likeness (QED) is 0.680. The van der Waals surface area contributed by atoms with Gasteiger partial charge in [-0.05, 0) is 18.9 Å². The molecule has 20 heavy (non-hydrogen) atoms. The second kappa shape index (κ2) is 6.26. The number of sulfone groups is 1. The van der Waals surface area contributed by atoms with Gasteiger partial charge in [-0.1, -0.05) is 30.3 Å². The van der Waals surface area contributed by atoms with Gasteiger partial charge in [0, 0.05) is 30.1 Å². The fourth-order valence-electron chi connectivity index (χ4n) is 2.42. The first kappa shape index (κ1) is 14.8. The molecule has 0 radical (unpaired) electrons. The molecule has 0 aromatic heterocycles. The Hall–Kier alpha value is -1.56. The molecule has 110 valence electrons. The monoisotopic (exact) mass is 296 g/mol. The molecule has 0 bridgehead atoms. The van der Waals surface area contributed by atoms with Gasteiger partial charge in [-0.15, -0.1) is 0 Å². The minimum absolute atomic E-state index is 0.156. The fourth-order valence-corrected chi connectivity index (χ4v) is 3.20. The van der Waals surface area contributed by atoms with Crippen LogP contribution in [0.1, 0.15) is 25.3 Å². The highest BCUT2D eigenvalue weighted by Crippen LogP contribution is 2.26. The third-order valence-corrected chi connectivity index (χ3v) is 5.31. The summed E-state index contributed by atoms with van der Waals surface area (Å²) in [5.74, 6) is 0.329. The largest absolute Gasteiger partial charge is 0.411 e. The average Bonchev–Trinajstić information content (AvgIpc) is 2.64. The van der Waals surface area contributed by atoms with E-state index in [0.717, 1.165) is 24.2 Å². The zero-order valence-corrected chi connectivity index (χ0v) is 12.4. The van der Waals surface area contributed by atoms with Crippen LogP contribution < -0.4 is 4.90 Å². The molecule has 0 amide bonds. The van der Waals surface area contributed by atoms with E-state index in [2.05, 4.69) is 10.1 Å². The first-order valence-corrected chi connectivity index (χ1v) is 8.65. The zero-order valence-electron chi connectivity index (χ0n) is 11.6. The SMILES string of the molecule is CCS(=O)(=O)CCN1CCC/C(=N/O)c2ccccc21. The maximum Gasteiger partial charge on any atom is 0.151 e. The Morgan fingerprint density at radius 1 is 1.35 bits per heavy atom. The van der Waals surface area contributed by atoms with E-state index < -0.39 is 9.84 Å². The van der Waals surface area contributed by atoms with Crippen LogP contribution in [-0.4, -0.2) is 43.9 Å². The lowest BCUT2D eigenvalue weighted by Gasteiger charge is -2.24. The van der Waals surface area contributed by atoms with Crippen molar-refractivity contribution in [2.24, 2.45) is 5.16 Å². The van der Waals surface area contributed by atoms with Crippen molar-refractivity contribution < 1.29 is 13.6 Å². The molecule has 0 spiro atoms. The van der Waals surface area contributed by atoms with Gasteiger partial charge in [0.05, 0.1) is 11.5 Å². The Morgan fingerprint density at radius 2 is 2.10 bits per heavy atom. The Kier molecular flexibility index (Phi) is 4.65. The minimum Gasteiger partial charge on any atom is -0.411 e. The number of benzene rings is 1. The van der Waals surface area contributed by atoms with Crippen molar-refractivity contribution in [3.8, 4) is 0 Å². The summed E-state index contributed by atoms with van der Waals surface area (Å²) in [4.78, 5) is 2.07. The van der Waals surface area contributed by atoms with Crippen LogP contribution in [0.15, 0.2) is 29.4 Å². The smallest absolute Gasteiger partial charge is 0.151 e. The highest BCUT2D eigenvalue weighted by molar-refractivity contribution is 7.91. The summed E-state index contributed by atoms with van der Waals surface area (Å²) in [5.41, 5.74) is 2.51. The number of rotatable bonds is 4. The van der Waals surface area contributed by atoms with Gasteiger partial charge in [-0.25, -0.2) is 8.42 Å². The molecule has 0 aliphatic carbocycles. The molecule has 1 aromatic carbocycles. The van der Waals surface area contributed by atoms with E-state index in [0.29, 0.717) is 18.7 Å². The summed E-state index contributed by atoms with van der Waals surface area (Å²) in [5, 5.41) is 12.5. The molecule has 1 aliphatic rings. The summed E-state index contributed by atoms with van der Waals surface area (Å²) in [6, 6.07) is 7.68. The highest BCUT2D eigenvalue weighted by atomic mass is 32.2. The van der Waals surface area contributed by atoms with Crippen molar-refractivity contribution >= 4 is 21.2 Å². The molecule has 0 saturated carbocycles. The Morgan fingerprint density at radius 3 is 2.80 bits per heavy atom. The molecule has 0 unspecified atom stereocenters. The Balaban J connectivity index is 2.26. The zero-order chi connectivity index (χ0) is 14.6. The van der Waals surface area contributed by atoms with E-state index in [1.54, 1.807) is 6.92 Å². The van der Waals surface area contributed by atoms with E-state index in [1.165, 1.54) is 0 Å². The molecule has 0 fully saturated rings. The third kappa shape index (κ3) is 3.30. The van der Waals surface area contributed by atoms with Crippen LogP contribution in [-0.2, 0) is 9.84 Å². The number of fused-ring (bicyclic) bond motifs is 1. The van der Waals surface area contributed by atoms with Gasteiger partial charge in [-0.3, -0.25) is 0 Å². The standard InChI is InChI=1S/C14H20N2O3S/c1-2-20(18,19)11-10-16-9-5-7-13(15-17)12-6-3-4-8-14(12)16/h3-4,6,8,17H,2,5,7,9-11H2,1H3/b15-13-. The number of anilines is 1. The lowest BCUT2D eigenvalue weighted by molar-refractivity contribution is 0.318. The second-order valence-corrected chi connectivity index (χ2v) is 7.36. The number of nitrogens with zero attached hydrogens (tertiary/aromatic N) is 2. The van der Waals surface area contributed by atoms with Crippen molar-refractivity contribution in [3.05, 3.63) is 29.8 Å². The molecular weight excluding hydrogens is 276 g/mol. The molecule has 1 heterocycles. The lowest BCUT2D eigenvalue weighted by atomic mass is 10.1. The number of oxime groups is 1. The van der Waals surface area contributed by atoms with Crippen molar-refractivity contribution in [1.82, 2.24) is 0 Å². The predicted octanol–water partition coefficient (Wildman–Crippen LogP) is 1.90. The van der Waals surface area contributed by atoms with E-state index in [9.17, 15) is 8.42 Å².